The maximum Gasteiger partial charge on any atom is 0.163 e. The summed E-state index contributed by atoms with van der Waals surface area (Å²) in [4.78, 5) is 11.4. The Hall–Kier alpha value is -1.64. The van der Waals surface area contributed by atoms with Crippen molar-refractivity contribution in [3.05, 3.63) is 41.2 Å². The molecule has 80 valence electrons. The molecule has 0 fully saturated rings. The normalized spacial score (nSPS) is 9.87. The SMILES string of the molecule is C=C(NC)c1c(C)ccc(F)c1C(C)=O. The van der Waals surface area contributed by atoms with E-state index in [0.29, 0.717) is 11.3 Å². The third-order valence-corrected chi connectivity index (χ3v) is 2.32. The lowest BCUT2D eigenvalue weighted by Crippen LogP contribution is -2.11. The fourth-order valence-electron chi connectivity index (χ4n) is 1.54. The Morgan fingerprint density at radius 1 is 1.40 bits per heavy atom. The summed E-state index contributed by atoms with van der Waals surface area (Å²) in [7, 11) is 1.69. The molecule has 0 bridgehead atoms. The van der Waals surface area contributed by atoms with Gasteiger partial charge in [-0.05, 0) is 25.5 Å². The zero-order chi connectivity index (χ0) is 11.6. The third kappa shape index (κ3) is 2.06. The van der Waals surface area contributed by atoms with Crippen molar-refractivity contribution in [2.45, 2.75) is 13.8 Å². The molecule has 1 rings (SSSR count). The molecular formula is C12H14FNO. The smallest absolute Gasteiger partial charge is 0.163 e. The summed E-state index contributed by atoms with van der Waals surface area (Å²) >= 11 is 0. The number of Topliss-reactive ketones (excluding diaryl/α,β-unsaturated/α-hetero) is 1. The van der Waals surface area contributed by atoms with Crippen LogP contribution < -0.4 is 5.32 Å². The topological polar surface area (TPSA) is 29.1 Å². The Morgan fingerprint density at radius 2 is 2.00 bits per heavy atom. The molecule has 1 aromatic carbocycles. The summed E-state index contributed by atoms with van der Waals surface area (Å²) in [5, 5.41) is 2.83. The molecule has 1 aromatic rings. The second-order valence-electron chi connectivity index (χ2n) is 3.40. The van der Waals surface area contributed by atoms with Gasteiger partial charge in [-0.3, -0.25) is 4.79 Å². The third-order valence-electron chi connectivity index (χ3n) is 2.32. The molecule has 0 aliphatic carbocycles. The molecule has 0 radical (unpaired) electrons. The highest BCUT2D eigenvalue weighted by Crippen LogP contribution is 2.23. The predicted octanol–water partition coefficient (Wildman–Crippen LogP) is 2.53. The molecule has 0 amide bonds. The van der Waals surface area contributed by atoms with Crippen molar-refractivity contribution in [2.75, 3.05) is 7.05 Å². The van der Waals surface area contributed by atoms with Gasteiger partial charge >= 0.3 is 0 Å². The highest BCUT2D eigenvalue weighted by molar-refractivity contribution is 5.99. The van der Waals surface area contributed by atoms with Crippen LogP contribution in [0.25, 0.3) is 5.70 Å². The molecule has 0 aromatic heterocycles. The number of halogens is 1. The zero-order valence-electron chi connectivity index (χ0n) is 9.15. The van der Waals surface area contributed by atoms with Crippen molar-refractivity contribution in [1.82, 2.24) is 5.32 Å². The number of ketones is 1. The predicted molar refractivity (Wildman–Crippen MR) is 59.2 cm³/mol. The Kier molecular flexibility index (Phi) is 3.24. The van der Waals surface area contributed by atoms with Crippen molar-refractivity contribution in [1.29, 1.82) is 0 Å². The molecule has 0 aliphatic rings. The minimum absolute atomic E-state index is 0.106. The van der Waals surface area contributed by atoms with Gasteiger partial charge in [-0.2, -0.15) is 0 Å². The number of carbonyl (C=O) groups excluding carboxylic acids is 1. The minimum Gasteiger partial charge on any atom is -0.388 e. The number of carbonyl (C=O) groups is 1. The Morgan fingerprint density at radius 3 is 2.47 bits per heavy atom. The van der Waals surface area contributed by atoms with Gasteiger partial charge in [0.1, 0.15) is 5.82 Å². The lowest BCUT2D eigenvalue weighted by molar-refractivity contribution is 0.101. The van der Waals surface area contributed by atoms with Crippen LogP contribution in [-0.2, 0) is 0 Å². The van der Waals surface area contributed by atoms with Crippen LogP contribution in [0.1, 0.15) is 28.4 Å². The van der Waals surface area contributed by atoms with Gasteiger partial charge in [0.15, 0.2) is 5.78 Å². The van der Waals surface area contributed by atoms with E-state index in [2.05, 4.69) is 11.9 Å². The maximum atomic E-state index is 13.5. The standard InChI is InChI=1S/C12H14FNO/c1-7-5-6-10(13)12(9(3)15)11(7)8(2)14-4/h5-6,14H,2H2,1,3-4H3. The van der Waals surface area contributed by atoms with Gasteiger partial charge in [-0.15, -0.1) is 0 Å². The summed E-state index contributed by atoms with van der Waals surface area (Å²) in [6.45, 7) is 6.93. The number of benzene rings is 1. The molecule has 0 unspecified atom stereocenters. The first-order valence-electron chi connectivity index (χ1n) is 4.66. The quantitative estimate of drug-likeness (QED) is 0.772. The molecule has 15 heavy (non-hydrogen) atoms. The van der Waals surface area contributed by atoms with Crippen LogP contribution in [0.5, 0.6) is 0 Å². The summed E-state index contributed by atoms with van der Waals surface area (Å²) in [5.41, 5.74) is 2.05. The molecule has 2 nitrogen and oxygen atoms in total. The molecule has 0 heterocycles. The number of hydrogen-bond acceptors (Lipinski definition) is 2. The van der Waals surface area contributed by atoms with Gasteiger partial charge in [0.2, 0.25) is 0 Å². The van der Waals surface area contributed by atoms with Gasteiger partial charge in [0.05, 0.1) is 5.56 Å². The van der Waals surface area contributed by atoms with E-state index < -0.39 is 5.82 Å². The fraction of sp³-hybridized carbons (Fsp3) is 0.250. The number of rotatable bonds is 3. The lowest BCUT2D eigenvalue weighted by atomic mass is 9.96. The monoisotopic (exact) mass is 207 g/mol. The van der Waals surface area contributed by atoms with Gasteiger partial charge < -0.3 is 5.32 Å². The van der Waals surface area contributed by atoms with Crippen LogP contribution in [0.2, 0.25) is 0 Å². The summed E-state index contributed by atoms with van der Waals surface area (Å²) in [6.07, 6.45) is 0. The largest absolute Gasteiger partial charge is 0.388 e. The van der Waals surface area contributed by atoms with E-state index in [1.165, 1.54) is 13.0 Å². The first kappa shape index (κ1) is 11.4. The van der Waals surface area contributed by atoms with E-state index in [9.17, 15) is 9.18 Å². The molecule has 0 spiro atoms. The van der Waals surface area contributed by atoms with Crippen molar-refractivity contribution in [3.8, 4) is 0 Å². The Balaban J connectivity index is 3.52. The van der Waals surface area contributed by atoms with Crippen LogP contribution in [0.3, 0.4) is 0 Å². The van der Waals surface area contributed by atoms with Gasteiger partial charge in [-0.25, -0.2) is 4.39 Å². The van der Waals surface area contributed by atoms with E-state index in [1.807, 2.05) is 6.92 Å². The number of aryl methyl sites for hydroxylation is 1. The van der Waals surface area contributed by atoms with Gasteiger partial charge in [0.25, 0.3) is 0 Å². The molecule has 3 heteroatoms. The van der Waals surface area contributed by atoms with Crippen molar-refractivity contribution in [2.24, 2.45) is 0 Å². The molecule has 0 aliphatic heterocycles. The van der Waals surface area contributed by atoms with Crippen molar-refractivity contribution in [3.63, 3.8) is 0 Å². The fourth-order valence-corrected chi connectivity index (χ4v) is 1.54. The van der Waals surface area contributed by atoms with Crippen LogP contribution in [0.4, 0.5) is 4.39 Å². The second kappa shape index (κ2) is 4.26. The van der Waals surface area contributed by atoms with E-state index in [4.69, 9.17) is 0 Å². The van der Waals surface area contributed by atoms with E-state index in [-0.39, 0.29) is 11.3 Å². The highest BCUT2D eigenvalue weighted by atomic mass is 19.1. The van der Waals surface area contributed by atoms with E-state index in [1.54, 1.807) is 13.1 Å². The number of nitrogens with one attached hydrogen (secondary N) is 1. The Labute approximate surface area is 88.8 Å². The van der Waals surface area contributed by atoms with Crippen LogP contribution in [-0.4, -0.2) is 12.8 Å². The molecule has 0 atom stereocenters. The first-order valence-corrected chi connectivity index (χ1v) is 4.66. The minimum atomic E-state index is -0.500. The summed E-state index contributed by atoms with van der Waals surface area (Å²) in [6, 6.07) is 2.94. The highest BCUT2D eigenvalue weighted by Gasteiger charge is 2.16. The zero-order valence-corrected chi connectivity index (χ0v) is 9.15. The van der Waals surface area contributed by atoms with Crippen LogP contribution in [0, 0.1) is 12.7 Å². The molecule has 1 N–H and O–H groups in total. The van der Waals surface area contributed by atoms with Crippen LogP contribution >= 0.6 is 0 Å². The van der Waals surface area contributed by atoms with Gasteiger partial charge in [-0.1, -0.05) is 12.6 Å². The van der Waals surface area contributed by atoms with Crippen molar-refractivity contribution >= 4 is 11.5 Å². The maximum absolute atomic E-state index is 13.5. The van der Waals surface area contributed by atoms with Crippen molar-refractivity contribution < 1.29 is 9.18 Å². The Bertz CT molecular complexity index is 424. The summed E-state index contributed by atoms with van der Waals surface area (Å²) in [5.74, 6) is -0.790. The molecular weight excluding hydrogens is 193 g/mol. The van der Waals surface area contributed by atoms with E-state index >= 15 is 0 Å². The van der Waals surface area contributed by atoms with Gasteiger partial charge in [0, 0.05) is 18.3 Å². The molecule has 0 saturated carbocycles. The average molecular weight is 207 g/mol. The van der Waals surface area contributed by atoms with Crippen LogP contribution in [0.15, 0.2) is 18.7 Å². The van der Waals surface area contributed by atoms with E-state index in [0.717, 1.165) is 5.56 Å². The molecule has 0 saturated heterocycles. The second-order valence-corrected chi connectivity index (χ2v) is 3.40. The first-order chi connectivity index (χ1) is 6.99. The average Bonchev–Trinajstić information content (AvgIpc) is 2.19. The number of hydrogen-bond donors (Lipinski definition) is 1. The lowest BCUT2D eigenvalue weighted by Gasteiger charge is -2.13. The summed E-state index contributed by atoms with van der Waals surface area (Å²) < 4.78 is 13.5.